The lowest BCUT2D eigenvalue weighted by Crippen LogP contribution is -2.48. The van der Waals surface area contributed by atoms with Crippen LogP contribution in [0.3, 0.4) is 0 Å². The lowest BCUT2D eigenvalue weighted by Gasteiger charge is -2.50. The van der Waals surface area contributed by atoms with E-state index in [1.807, 2.05) is 60.4 Å². The number of aromatic nitrogens is 2. The lowest BCUT2D eigenvalue weighted by molar-refractivity contribution is 0.0679. The van der Waals surface area contributed by atoms with Crippen LogP contribution in [0.4, 0.5) is 0 Å². The maximum absolute atomic E-state index is 14.0. The summed E-state index contributed by atoms with van der Waals surface area (Å²) in [7, 11) is 0. The molecular weight excluding hydrogens is 534 g/mol. The smallest absolute Gasteiger partial charge is 0.335 e. The first kappa shape index (κ1) is 27.0. The number of aryl methyl sites for hydroxylation is 1. The van der Waals surface area contributed by atoms with Gasteiger partial charge in [0.25, 0.3) is 5.91 Å². The summed E-state index contributed by atoms with van der Waals surface area (Å²) in [4.78, 5) is 35.4. The Labute approximate surface area is 244 Å². The van der Waals surface area contributed by atoms with Crippen LogP contribution in [0.25, 0.3) is 28.0 Å². The summed E-state index contributed by atoms with van der Waals surface area (Å²) < 4.78 is 0. The third-order valence-electron chi connectivity index (χ3n) is 8.71. The van der Waals surface area contributed by atoms with Crippen molar-refractivity contribution in [2.45, 2.75) is 34.1 Å². The number of amides is 1. The first-order chi connectivity index (χ1) is 19.5. The molecule has 0 spiro atoms. The summed E-state index contributed by atoms with van der Waals surface area (Å²) in [6.07, 6.45) is 5.26. The van der Waals surface area contributed by atoms with E-state index in [2.05, 4.69) is 37.9 Å². The predicted octanol–water partition coefficient (Wildman–Crippen LogP) is 7.79. The molecule has 41 heavy (non-hydrogen) atoms. The summed E-state index contributed by atoms with van der Waals surface area (Å²) in [5.41, 5.74) is 7.29. The van der Waals surface area contributed by atoms with Gasteiger partial charge in [0.05, 0.1) is 22.2 Å². The summed E-state index contributed by atoms with van der Waals surface area (Å²) in [6, 6.07) is 18.5. The van der Waals surface area contributed by atoms with Gasteiger partial charge in [0.2, 0.25) is 0 Å². The predicted molar refractivity (Wildman–Crippen MR) is 163 cm³/mol. The number of aromatic carboxylic acids is 1. The average Bonchev–Trinajstić information content (AvgIpc) is 3.34. The first-order valence-corrected chi connectivity index (χ1v) is 14.2. The average molecular weight is 566 g/mol. The maximum Gasteiger partial charge on any atom is 0.335 e. The van der Waals surface area contributed by atoms with Crippen molar-refractivity contribution in [1.29, 1.82) is 0 Å². The van der Waals surface area contributed by atoms with E-state index in [-0.39, 0.29) is 22.3 Å². The zero-order chi connectivity index (χ0) is 29.1. The number of carbonyl (C=O) groups is 2. The summed E-state index contributed by atoms with van der Waals surface area (Å²) in [5.74, 6) is -0.309. The van der Waals surface area contributed by atoms with E-state index in [0.29, 0.717) is 29.5 Å². The SMILES string of the molecule is Cc1cc2nc(-c3ccccc3C(=O)N3CC=C4C(C)(C)C(c5ccc(C(=O)O)cc5)=CC[C@]4(C)C3)[nH]c2cc1Cl. The minimum atomic E-state index is -0.929. The number of carbonyl (C=O) groups excluding carboxylic acids is 1. The third-order valence-corrected chi connectivity index (χ3v) is 9.12. The molecule has 0 saturated carbocycles. The fourth-order valence-electron chi connectivity index (χ4n) is 6.67. The fourth-order valence-corrected chi connectivity index (χ4v) is 6.83. The molecule has 6 nitrogen and oxygen atoms in total. The van der Waals surface area contributed by atoms with Crippen LogP contribution in [0.5, 0.6) is 0 Å². The van der Waals surface area contributed by atoms with Gasteiger partial charge in [0.15, 0.2) is 0 Å². The molecule has 3 aromatic carbocycles. The lowest BCUT2D eigenvalue weighted by atomic mass is 9.58. The monoisotopic (exact) mass is 565 g/mol. The molecular formula is C34H32ClN3O3. The van der Waals surface area contributed by atoms with E-state index < -0.39 is 5.97 Å². The molecule has 6 rings (SSSR count). The van der Waals surface area contributed by atoms with Crippen molar-refractivity contribution in [2.24, 2.45) is 10.8 Å². The van der Waals surface area contributed by atoms with E-state index in [4.69, 9.17) is 16.6 Å². The highest BCUT2D eigenvalue weighted by molar-refractivity contribution is 6.32. The van der Waals surface area contributed by atoms with Crippen molar-refractivity contribution >= 4 is 40.1 Å². The molecule has 0 radical (unpaired) electrons. The Hall–Kier alpha value is -4.16. The van der Waals surface area contributed by atoms with Crippen LogP contribution in [0.15, 0.2) is 78.4 Å². The van der Waals surface area contributed by atoms with Crippen LogP contribution in [0, 0.1) is 17.8 Å². The number of hydrogen-bond acceptors (Lipinski definition) is 3. The minimum Gasteiger partial charge on any atom is -0.478 e. The molecule has 7 heteroatoms. The maximum atomic E-state index is 14.0. The number of rotatable bonds is 4. The number of nitrogens with zero attached hydrogens (tertiary/aromatic N) is 2. The second-order valence-corrected chi connectivity index (χ2v) is 12.4. The topological polar surface area (TPSA) is 86.3 Å². The van der Waals surface area contributed by atoms with Crippen LogP contribution in [0.1, 0.15) is 59.0 Å². The fraction of sp³-hybridized carbons (Fsp3) is 0.265. The zero-order valence-corrected chi connectivity index (χ0v) is 24.3. The quantitative estimate of drug-likeness (QED) is 0.247. The number of H-pyrrole nitrogens is 1. The largest absolute Gasteiger partial charge is 0.478 e. The number of carboxylic acid groups (broad SMARTS) is 1. The number of aromatic amines is 1. The van der Waals surface area contributed by atoms with Gasteiger partial charge in [0, 0.05) is 34.5 Å². The molecule has 2 N–H and O–H groups in total. The molecule has 4 aromatic rings. The van der Waals surface area contributed by atoms with Crippen LogP contribution >= 0.6 is 11.6 Å². The number of hydrogen-bond donors (Lipinski definition) is 2. The number of carboxylic acids is 1. The molecule has 0 bridgehead atoms. The van der Waals surface area contributed by atoms with Crippen LogP contribution in [-0.2, 0) is 0 Å². The Morgan fingerprint density at radius 2 is 1.76 bits per heavy atom. The molecule has 208 valence electrons. The van der Waals surface area contributed by atoms with Gasteiger partial charge in [-0.25, -0.2) is 9.78 Å². The van der Waals surface area contributed by atoms with E-state index >= 15 is 0 Å². The summed E-state index contributed by atoms with van der Waals surface area (Å²) in [6.45, 7) is 9.74. The number of fused-ring (bicyclic) bond motifs is 2. The standard InChI is InChI=1S/C34H32ClN3O3/c1-20-17-27-28(18-26(20)35)37-30(36-27)23-7-5-6-8-24(23)31(39)38-16-14-29-33(2,3)25(13-15-34(29,4)19-38)21-9-11-22(12-10-21)32(40)41/h5-14,17-18H,15-16,19H2,1-4H3,(H,36,37)(H,40,41)/t34-/m1/s1. The van der Waals surface area contributed by atoms with Gasteiger partial charge >= 0.3 is 5.97 Å². The summed E-state index contributed by atoms with van der Waals surface area (Å²) in [5, 5.41) is 9.97. The molecule has 1 amide bonds. The van der Waals surface area contributed by atoms with Crippen molar-refractivity contribution < 1.29 is 14.7 Å². The number of nitrogens with one attached hydrogen (secondary N) is 1. The van der Waals surface area contributed by atoms with E-state index in [1.165, 1.54) is 11.1 Å². The summed E-state index contributed by atoms with van der Waals surface area (Å²) >= 11 is 6.34. The second kappa shape index (κ2) is 9.74. The normalized spacial score (nSPS) is 19.9. The number of halogens is 1. The van der Waals surface area contributed by atoms with Crippen LogP contribution < -0.4 is 0 Å². The molecule has 0 fully saturated rings. The molecule has 2 aliphatic rings. The molecule has 0 unspecified atom stereocenters. The first-order valence-electron chi connectivity index (χ1n) is 13.8. The van der Waals surface area contributed by atoms with Crippen LogP contribution in [-0.4, -0.2) is 44.9 Å². The Morgan fingerprint density at radius 3 is 2.49 bits per heavy atom. The van der Waals surface area contributed by atoms with Gasteiger partial charge in [-0.2, -0.15) is 0 Å². The van der Waals surface area contributed by atoms with Crippen molar-refractivity contribution in [3.05, 3.63) is 106 Å². The van der Waals surface area contributed by atoms with Crippen LogP contribution in [0.2, 0.25) is 5.02 Å². The van der Waals surface area contributed by atoms with Crippen molar-refractivity contribution in [3.63, 3.8) is 0 Å². The zero-order valence-electron chi connectivity index (χ0n) is 23.6. The van der Waals surface area contributed by atoms with Gasteiger partial charge in [-0.05, 0) is 60.4 Å². The number of allylic oxidation sites excluding steroid dienone is 2. The van der Waals surface area contributed by atoms with E-state index in [0.717, 1.165) is 34.1 Å². The molecule has 1 aromatic heterocycles. The van der Waals surface area contributed by atoms with Crippen molar-refractivity contribution in [3.8, 4) is 11.4 Å². The highest BCUT2D eigenvalue weighted by Crippen LogP contribution is 2.55. The van der Waals surface area contributed by atoms with Crippen molar-refractivity contribution in [2.75, 3.05) is 13.1 Å². The van der Waals surface area contributed by atoms with Gasteiger partial charge in [-0.3, -0.25) is 4.79 Å². The van der Waals surface area contributed by atoms with Gasteiger partial charge < -0.3 is 15.0 Å². The Kier molecular flexibility index (Phi) is 6.42. The number of benzene rings is 3. The van der Waals surface area contributed by atoms with Gasteiger partial charge in [0.1, 0.15) is 5.82 Å². The molecule has 1 aliphatic carbocycles. The molecule has 2 heterocycles. The van der Waals surface area contributed by atoms with Gasteiger partial charge in [-0.15, -0.1) is 0 Å². The Balaban J connectivity index is 1.30. The Morgan fingerprint density at radius 1 is 1.02 bits per heavy atom. The van der Waals surface area contributed by atoms with E-state index in [9.17, 15) is 14.7 Å². The Bertz CT molecular complexity index is 1740. The highest BCUT2D eigenvalue weighted by atomic mass is 35.5. The molecule has 1 atom stereocenters. The molecule has 1 aliphatic heterocycles. The third kappa shape index (κ3) is 4.56. The van der Waals surface area contributed by atoms with Crippen molar-refractivity contribution in [1.82, 2.24) is 14.9 Å². The second-order valence-electron chi connectivity index (χ2n) is 11.9. The highest BCUT2D eigenvalue weighted by Gasteiger charge is 2.46. The number of imidazole rings is 1. The van der Waals surface area contributed by atoms with E-state index in [1.54, 1.807) is 12.1 Å². The minimum absolute atomic E-state index is 0.0244. The van der Waals surface area contributed by atoms with Gasteiger partial charge in [-0.1, -0.05) is 80.4 Å². The molecule has 0 saturated heterocycles.